The van der Waals surface area contributed by atoms with Crippen LogP contribution in [0.2, 0.25) is 0 Å². The maximum Gasteiger partial charge on any atom is 0.269 e. The van der Waals surface area contributed by atoms with Crippen molar-refractivity contribution in [1.82, 2.24) is 9.97 Å². The molecule has 0 radical (unpaired) electrons. The summed E-state index contributed by atoms with van der Waals surface area (Å²) in [5.74, 6) is -0.154. The highest BCUT2D eigenvalue weighted by Crippen LogP contribution is 2.26. The highest BCUT2D eigenvalue weighted by molar-refractivity contribution is 14.1. The molecule has 2 aromatic heterocycles. The fourth-order valence-electron chi connectivity index (χ4n) is 1.76. The Hall–Kier alpha value is -1.32. The van der Waals surface area contributed by atoms with Gasteiger partial charge >= 0.3 is 0 Å². The van der Waals surface area contributed by atoms with Gasteiger partial charge in [0.2, 0.25) is 0 Å². The average Bonchev–Trinajstić information content (AvgIpc) is 3.09. The molecule has 2 heterocycles. The van der Waals surface area contributed by atoms with Crippen LogP contribution >= 0.6 is 45.3 Å². The minimum Gasteiger partial charge on any atom is -0.297 e. The lowest BCUT2D eigenvalue weighted by Crippen LogP contribution is -2.11. The van der Waals surface area contributed by atoms with Crippen LogP contribution in [0.15, 0.2) is 35.2 Å². The maximum absolute atomic E-state index is 12.1. The van der Waals surface area contributed by atoms with Gasteiger partial charge in [-0.1, -0.05) is 12.1 Å². The molecule has 0 aliphatic carbocycles. The highest BCUT2D eigenvalue weighted by atomic mass is 127. The van der Waals surface area contributed by atoms with E-state index in [1.54, 1.807) is 5.51 Å². The van der Waals surface area contributed by atoms with Gasteiger partial charge in [0.15, 0.2) is 5.13 Å². The quantitative estimate of drug-likeness (QED) is 0.630. The lowest BCUT2D eigenvalue weighted by Gasteiger charge is -1.99. The number of rotatable bonds is 3. The number of amides is 1. The minimum atomic E-state index is -0.154. The van der Waals surface area contributed by atoms with E-state index in [0.29, 0.717) is 10.0 Å². The van der Waals surface area contributed by atoms with Gasteiger partial charge in [0, 0.05) is 14.5 Å². The summed E-state index contributed by atoms with van der Waals surface area (Å²) in [7, 11) is 0. The van der Waals surface area contributed by atoms with Crippen molar-refractivity contribution >= 4 is 56.3 Å². The minimum absolute atomic E-state index is 0.154. The molecular weight excluding hydrogens is 417 g/mol. The Morgan fingerprint density at radius 1 is 1.24 bits per heavy atom. The molecule has 0 saturated carbocycles. The fraction of sp³-hybridized carbons (Fsp3) is 0.0714. The molecule has 0 aliphatic heterocycles. The van der Waals surface area contributed by atoms with E-state index in [2.05, 4.69) is 37.9 Å². The monoisotopic (exact) mass is 427 g/mol. The molecule has 7 heteroatoms. The second-order valence-corrected chi connectivity index (χ2v) is 7.22. The van der Waals surface area contributed by atoms with Crippen LogP contribution < -0.4 is 5.32 Å². The Labute approximate surface area is 143 Å². The summed E-state index contributed by atoms with van der Waals surface area (Å²) in [6, 6.07) is 8.12. The lowest BCUT2D eigenvalue weighted by atomic mass is 10.2. The zero-order valence-electron chi connectivity index (χ0n) is 11.0. The molecule has 3 rings (SSSR count). The van der Waals surface area contributed by atoms with E-state index in [0.717, 1.165) is 17.0 Å². The van der Waals surface area contributed by atoms with Crippen molar-refractivity contribution in [2.24, 2.45) is 0 Å². The van der Waals surface area contributed by atoms with E-state index < -0.39 is 0 Å². The van der Waals surface area contributed by atoms with Crippen molar-refractivity contribution in [3.8, 4) is 11.3 Å². The number of hydrogen-bond donors (Lipinski definition) is 1. The number of halogens is 1. The van der Waals surface area contributed by atoms with Gasteiger partial charge in [-0.05, 0) is 41.6 Å². The summed E-state index contributed by atoms with van der Waals surface area (Å²) < 4.78 is 1.18. The van der Waals surface area contributed by atoms with Crippen molar-refractivity contribution in [3.63, 3.8) is 0 Å². The molecule has 1 amide bonds. The van der Waals surface area contributed by atoms with E-state index in [1.165, 1.54) is 26.2 Å². The molecule has 0 aliphatic rings. The molecule has 1 aromatic carbocycles. The van der Waals surface area contributed by atoms with Gasteiger partial charge in [0.05, 0.1) is 16.9 Å². The van der Waals surface area contributed by atoms with Crippen molar-refractivity contribution in [3.05, 3.63) is 49.3 Å². The Kier molecular flexibility index (Phi) is 4.32. The van der Waals surface area contributed by atoms with Crippen LogP contribution in [0.1, 0.15) is 15.4 Å². The maximum atomic E-state index is 12.1. The molecule has 3 aromatic rings. The number of anilines is 1. The van der Waals surface area contributed by atoms with E-state index in [4.69, 9.17) is 0 Å². The molecule has 106 valence electrons. The van der Waals surface area contributed by atoms with Gasteiger partial charge in [-0.15, -0.1) is 22.7 Å². The summed E-state index contributed by atoms with van der Waals surface area (Å²) in [4.78, 5) is 21.3. The predicted octanol–water partition coefficient (Wildman–Crippen LogP) is 4.43. The van der Waals surface area contributed by atoms with E-state index in [-0.39, 0.29) is 5.91 Å². The van der Waals surface area contributed by atoms with Crippen LogP contribution in [0, 0.1) is 10.5 Å². The number of carbonyl (C=O) groups is 1. The standard InChI is InChI=1S/C14H10IN3OS2/c1-8-12(21-7-16-8)13(19)18-14-17-11(6-20-14)9-2-4-10(15)5-3-9/h2-7H,1H3,(H,17,18,19). The molecule has 0 bridgehead atoms. The van der Waals surface area contributed by atoms with Crippen LogP contribution in [0.4, 0.5) is 5.13 Å². The average molecular weight is 427 g/mol. The molecular formula is C14H10IN3OS2. The number of aromatic nitrogens is 2. The number of thiazole rings is 2. The van der Waals surface area contributed by atoms with Crippen LogP contribution in [0.3, 0.4) is 0 Å². The summed E-state index contributed by atoms with van der Waals surface area (Å²) in [6.45, 7) is 1.82. The van der Waals surface area contributed by atoms with Crippen molar-refractivity contribution < 1.29 is 4.79 Å². The van der Waals surface area contributed by atoms with Gasteiger partial charge in [-0.3, -0.25) is 10.1 Å². The topological polar surface area (TPSA) is 54.9 Å². The molecule has 0 atom stereocenters. The summed E-state index contributed by atoms with van der Waals surface area (Å²) in [6.07, 6.45) is 0. The molecule has 1 N–H and O–H groups in total. The first-order valence-electron chi connectivity index (χ1n) is 6.06. The third kappa shape index (κ3) is 3.30. The fourth-order valence-corrected chi connectivity index (χ4v) is 3.53. The molecule has 4 nitrogen and oxygen atoms in total. The second-order valence-electron chi connectivity index (χ2n) is 4.27. The van der Waals surface area contributed by atoms with Crippen molar-refractivity contribution in [1.29, 1.82) is 0 Å². The van der Waals surface area contributed by atoms with Crippen LogP contribution in [-0.4, -0.2) is 15.9 Å². The Morgan fingerprint density at radius 2 is 2.00 bits per heavy atom. The van der Waals surface area contributed by atoms with Crippen LogP contribution in [0.5, 0.6) is 0 Å². The summed E-state index contributed by atoms with van der Waals surface area (Å²) >= 11 is 5.02. The van der Waals surface area contributed by atoms with E-state index >= 15 is 0 Å². The van der Waals surface area contributed by atoms with Crippen LogP contribution in [0.25, 0.3) is 11.3 Å². The highest BCUT2D eigenvalue weighted by Gasteiger charge is 2.14. The molecule has 0 saturated heterocycles. The largest absolute Gasteiger partial charge is 0.297 e. The molecule has 21 heavy (non-hydrogen) atoms. The molecule has 0 unspecified atom stereocenters. The van der Waals surface area contributed by atoms with Gasteiger partial charge in [-0.25, -0.2) is 9.97 Å². The zero-order chi connectivity index (χ0) is 14.8. The third-order valence-corrected chi connectivity index (χ3v) is 5.22. The van der Waals surface area contributed by atoms with Gasteiger partial charge in [-0.2, -0.15) is 0 Å². The first-order chi connectivity index (χ1) is 10.1. The first kappa shape index (κ1) is 14.6. The molecule has 0 fully saturated rings. The number of aryl methyl sites for hydroxylation is 1. The summed E-state index contributed by atoms with van der Waals surface area (Å²) in [5.41, 5.74) is 4.32. The number of nitrogens with one attached hydrogen (secondary N) is 1. The second kappa shape index (κ2) is 6.20. The van der Waals surface area contributed by atoms with Gasteiger partial charge in [0.1, 0.15) is 4.88 Å². The zero-order valence-corrected chi connectivity index (χ0v) is 14.8. The molecule has 0 spiro atoms. The lowest BCUT2D eigenvalue weighted by molar-refractivity contribution is 0.103. The normalized spacial score (nSPS) is 10.6. The van der Waals surface area contributed by atoms with Crippen molar-refractivity contribution in [2.45, 2.75) is 6.92 Å². The Morgan fingerprint density at radius 3 is 2.67 bits per heavy atom. The SMILES string of the molecule is Cc1ncsc1C(=O)Nc1nc(-c2ccc(I)cc2)cs1. The van der Waals surface area contributed by atoms with Gasteiger partial charge in [0.25, 0.3) is 5.91 Å². The number of carbonyl (C=O) groups excluding carboxylic acids is 1. The first-order valence-corrected chi connectivity index (χ1v) is 8.90. The predicted molar refractivity (Wildman–Crippen MR) is 95.1 cm³/mol. The Balaban J connectivity index is 1.78. The Bertz CT molecular complexity index is 780. The smallest absolute Gasteiger partial charge is 0.269 e. The van der Waals surface area contributed by atoms with E-state index in [9.17, 15) is 4.79 Å². The van der Waals surface area contributed by atoms with Gasteiger partial charge < -0.3 is 0 Å². The van der Waals surface area contributed by atoms with E-state index in [1.807, 2.05) is 36.6 Å². The number of benzene rings is 1. The number of hydrogen-bond acceptors (Lipinski definition) is 5. The third-order valence-electron chi connectivity index (χ3n) is 2.82. The summed E-state index contributed by atoms with van der Waals surface area (Å²) in [5, 5.41) is 5.36. The number of nitrogens with zero attached hydrogens (tertiary/aromatic N) is 2. The van der Waals surface area contributed by atoms with Crippen LogP contribution in [-0.2, 0) is 0 Å². The van der Waals surface area contributed by atoms with Crippen molar-refractivity contribution in [2.75, 3.05) is 5.32 Å².